The number of hydrogen-bond acceptors (Lipinski definition) is 4. The van der Waals surface area contributed by atoms with E-state index in [-0.39, 0.29) is 17.9 Å². The number of carbonyl (C=O) groups is 1. The predicted molar refractivity (Wildman–Crippen MR) is 96.2 cm³/mol. The minimum atomic E-state index is -0.376. The maximum atomic E-state index is 13.6. The lowest BCUT2D eigenvalue weighted by atomic mass is 10.0. The molecule has 1 aliphatic heterocycles. The average molecular weight is 362 g/mol. The van der Waals surface area contributed by atoms with Gasteiger partial charge in [0.25, 0.3) is 0 Å². The molecule has 25 heavy (non-hydrogen) atoms. The Kier molecular flexibility index (Phi) is 5.33. The summed E-state index contributed by atoms with van der Waals surface area (Å²) in [4.78, 5) is 13.4. The van der Waals surface area contributed by atoms with Crippen molar-refractivity contribution >= 4 is 23.5 Å². The van der Waals surface area contributed by atoms with Gasteiger partial charge in [0, 0.05) is 16.7 Å². The Hall–Kier alpha value is -2.41. The van der Waals surface area contributed by atoms with Gasteiger partial charge in [-0.15, -0.1) is 11.8 Å². The minimum absolute atomic E-state index is 0.233. The summed E-state index contributed by atoms with van der Waals surface area (Å²) in [5.74, 6) is 1.70. The highest BCUT2D eigenvalue weighted by molar-refractivity contribution is 7.99. The highest BCUT2D eigenvalue weighted by atomic mass is 32.2. The van der Waals surface area contributed by atoms with Crippen molar-refractivity contribution in [2.45, 2.75) is 17.4 Å². The fourth-order valence-electron chi connectivity index (χ4n) is 2.74. The van der Waals surface area contributed by atoms with Gasteiger partial charge in [-0.2, -0.15) is 0 Å². The van der Waals surface area contributed by atoms with Gasteiger partial charge in [0.05, 0.1) is 25.9 Å². The molecular formula is C18H19FN2O3S. The Morgan fingerprint density at radius 3 is 2.80 bits per heavy atom. The number of fused-ring (bicyclic) bond motifs is 1. The number of thioether (sulfide) groups is 1. The van der Waals surface area contributed by atoms with E-state index in [1.54, 1.807) is 43.1 Å². The standard InChI is InChI=1S/C18H19FN2O3S/c1-23-12-4-5-16(24-2)15(10-12)21-18(22)20-14-7-8-25-17-6-3-11(19)9-13(14)17/h3-6,9-10,14H,7-8H2,1-2H3,(H2,20,21,22). The van der Waals surface area contributed by atoms with E-state index in [0.717, 1.165) is 22.6 Å². The number of hydrogen-bond donors (Lipinski definition) is 2. The molecule has 0 saturated carbocycles. The number of nitrogens with one attached hydrogen (secondary N) is 2. The molecule has 1 heterocycles. The molecule has 1 atom stereocenters. The number of rotatable bonds is 4. The number of methoxy groups -OCH3 is 2. The largest absolute Gasteiger partial charge is 0.497 e. The van der Waals surface area contributed by atoms with Crippen molar-refractivity contribution in [3.8, 4) is 11.5 Å². The van der Waals surface area contributed by atoms with E-state index in [1.807, 2.05) is 0 Å². The molecule has 2 amide bonds. The number of urea groups is 1. The van der Waals surface area contributed by atoms with Crippen molar-refractivity contribution in [2.75, 3.05) is 25.3 Å². The monoisotopic (exact) mass is 362 g/mol. The molecule has 0 fully saturated rings. The highest BCUT2D eigenvalue weighted by Gasteiger charge is 2.23. The summed E-state index contributed by atoms with van der Waals surface area (Å²) in [5.41, 5.74) is 1.31. The maximum absolute atomic E-state index is 13.6. The number of anilines is 1. The Morgan fingerprint density at radius 1 is 1.20 bits per heavy atom. The van der Waals surface area contributed by atoms with Crippen molar-refractivity contribution < 1.29 is 18.7 Å². The number of carbonyl (C=O) groups excluding carboxylic acids is 1. The van der Waals surface area contributed by atoms with E-state index in [0.29, 0.717) is 17.2 Å². The zero-order valence-electron chi connectivity index (χ0n) is 14.0. The third-order valence-electron chi connectivity index (χ3n) is 3.97. The van der Waals surface area contributed by atoms with Crippen LogP contribution in [0, 0.1) is 5.82 Å². The Morgan fingerprint density at radius 2 is 2.04 bits per heavy atom. The molecule has 2 N–H and O–H groups in total. The normalized spacial score (nSPS) is 15.9. The summed E-state index contributed by atoms with van der Waals surface area (Å²) in [5, 5.41) is 5.69. The topological polar surface area (TPSA) is 59.6 Å². The van der Waals surface area contributed by atoms with Crippen LogP contribution in [0.2, 0.25) is 0 Å². The molecule has 5 nitrogen and oxygen atoms in total. The van der Waals surface area contributed by atoms with E-state index >= 15 is 0 Å². The number of ether oxygens (including phenoxy) is 2. The van der Waals surface area contributed by atoms with Crippen LogP contribution in [0.25, 0.3) is 0 Å². The summed E-state index contributed by atoms with van der Waals surface area (Å²) in [6.45, 7) is 0. The quantitative estimate of drug-likeness (QED) is 0.856. The molecule has 0 aliphatic carbocycles. The zero-order valence-corrected chi connectivity index (χ0v) is 14.8. The lowest BCUT2D eigenvalue weighted by Gasteiger charge is -2.26. The first-order chi connectivity index (χ1) is 12.1. The number of benzene rings is 2. The van der Waals surface area contributed by atoms with E-state index in [2.05, 4.69) is 10.6 Å². The first-order valence-electron chi connectivity index (χ1n) is 7.82. The van der Waals surface area contributed by atoms with Crippen molar-refractivity contribution in [2.24, 2.45) is 0 Å². The van der Waals surface area contributed by atoms with Gasteiger partial charge < -0.3 is 20.1 Å². The van der Waals surface area contributed by atoms with Crippen LogP contribution in [0.5, 0.6) is 11.5 Å². The van der Waals surface area contributed by atoms with Gasteiger partial charge in [0.15, 0.2) is 0 Å². The third-order valence-corrected chi connectivity index (χ3v) is 5.09. The summed E-state index contributed by atoms with van der Waals surface area (Å²) < 4.78 is 24.0. The Labute approximate surface area is 149 Å². The van der Waals surface area contributed by atoms with Crippen LogP contribution in [-0.2, 0) is 0 Å². The number of amides is 2. The molecule has 2 aromatic rings. The highest BCUT2D eigenvalue weighted by Crippen LogP contribution is 2.36. The van der Waals surface area contributed by atoms with Gasteiger partial charge in [-0.1, -0.05) is 0 Å². The third kappa shape index (κ3) is 3.99. The lowest BCUT2D eigenvalue weighted by Crippen LogP contribution is -2.34. The van der Waals surface area contributed by atoms with Crippen LogP contribution in [0.15, 0.2) is 41.3 Å². The van der Waals surface area contributed by atoms with Gasteiger partial charge in [-0.3, -0.25) is 0 Å². The maximum Gasteiger partial charge on any atom is 0.319 e. The summed E-state index contributed by atoms with van der Waals surface area (Å²) in [6, 6.07) is 9.22. The van der Waals surface area contributed by atoms with E-state index in [4.69, 9.17) is 9.47 Å². The molecule has 0 spiro atoms. The second kappa shape index (κ2) is 7.65. The minimum Gasteiger partial charge on any atom is -0.497 e. The lowest BCUT2D eigenvalue weighted by molar-refractivity contribution is 0.248. The van der Waals surface area contributed by atoms with Crippen LogP contribution >= 0.6 is 11.8 Å². The molecular weight excluding hydrogens is 343 g/mol. The van der Waals surface area contributed by atoms with Crippen molar-refractivity contribution in [1.29, 1.82) is 0 Å². The SMILES string of the molecule is COc1ccc(OC)c(NC(=O)NC2CCSc3ccc(F)cc32)c1. The van der Waals surface area contributed by atoms with E-state index in [1.165, 1.54) is 19.2 Å². The average Bonchev–Trinajstić information content (AvgIpc) is 2.62. The van der Waals surface area contributed by atoms with Gasteiger partial charge in [-0.25, -0.2) is 9.18 Å². The molecule has 132 valence electrons. The summed E-state index contributed by atoms with van der Waals surface area (Å²) in [6.07, 6.45) is 0.740. The van der Waals surface area contributed by atoms with Gasteiger partial charge in [-0.05, 0) is 42.3 Å². The molecule has 0 radical (unpaired) electrons. The van der Waals surface area contributed by atoms with Crippen molar-refractivity contribution in [1.82, 2.24) is 5.32 Å². The van der Waals surface area contributed by atoms with Gasteiger partial charge >= 0.3 is 6.03 Å². The first-order valence-corrected chi connectivity index (χ1v) is 8.81. The first kappa shape index (κ1) is 17.4. The second-order valence-electron chi connectivity index (χ2n) is 5.54. The van der Waals surface area contributed by atoms with Crippen LogP contribution in [0.3, 0.4) is 0 Å². The summed E-state index contributed by atoms with van der Waals surface area (Å²) in [7, 11) is 3.08. The smallest absolute Gasteiger partial charge is 0.319 e. The molecule has 0 bridgehead atoms. The summed E-state index contributed by atoms with van der Waals surface area (Å²) >= 11 is 1.67. The Bertz CT molecular complexity index is 785. The van der Waals surface area contributed by atoms with Crippen LogP contribution < -0.4 is 20.1 Å². The van der Waals surface area contributed by atoms with Crippen molar-refractivity contribution in [3.63, 3.8) is 0 Å². The van der Waals surface area contributed by atoms with Gasteiger partial charge in [0.1, 0.15) is 17.3 Å². The van der Waals surface area contributed by atoms with Crippen LogP contribution in [0.4, 0.5) is 14.9 Å². The molecule has 1 aliphatic rings. The van der Waals surface area contributed by atoms with Gasteiger partial charge in [0.2, 0.25) is 0 Å². The van der Waals surface area contributed by atoms with Crippen molar-refractivity contribution in [3.05, 3.63) is 47.8 Å². The molecule has 1 unspecified atom stereocenters. The molecule has 0 saturated heterocycles. The number of halogens is 1. The fourth-order valence-corrected chi connectivity index (χ4v) is 3.85. The van der Waals surface area contributed by atoms with E-state index in [9.17, 15) is 9.18 Å². The molecule has 0 aromatic heterocycles. The predicted octanol–water partition coefficient (Wildman–Crippen LogP) is 4.20. The van der Waals surface area contributed by atoms with E-state index < -0.39 is 0 Å². The molecule has 7 heteroatoms. The zero-order chi connectivity index (χ0) is 17.8. The fraction of sp³-hybridized carbons (Fsp3) is 0.278. The van der Waals surface area contributed by atoms with Crippen LogP contribution in [-0.4, -0.2) is 26.0 Å². The molecule has 2 aromatic carbocycles. The Balaban J connectivity index is 1.75. The second-order valence-corrected chi connectivity index (χ2v) is 6.67. The molecule has 3 rings (SSSR count). The van der Waals surface area contributed by atoms with Crippen LogP contribution in [0.1, 0.15) is 18.0 Å².